The first kappa shape index (κ1) is 17.8. The molecule has 3 aromatic rings. The van der Waals surface area contributed by atoms with Crippen molar-refractivity contribution in [3.05, 3.63) is 70.5 Å². The van der Waals surface area contributed by atoms with Gasteiger partial charge in [-0.3, -0.25) is 19.4 Å². The lowest BCUT2D eigenvalue weighted by Crippen LogP contribution is -2.33. The number of amides is 2. The summed E-state index contributed by atoms with van der Waals surface area (Å²) in [6.07, 6.45) is 3.54. The van der Waals surface area contributed by atoms with E-state index in [0.717, 1.165) is 5.56 Å². The first-order valence-electron chi connectivity index (χ1n) is 9.02. The molecule has 0 spiro atoms. The molecule has 1 aliphatic rings. The zero-order valence-electron chi connectivity index (χ0n) is 15.1. The van der Waals surface area contributed by atoms with Crippen LogP contribution in [-0.2, 0) is 22.7 Å². The first-order chi connectivity index (χ1) is 13.6. The average molecular weight is 377 g/mol. The van der Waals surface area contributed by atoms with Crippen LogP contribution in [0.15, 0.2) is 53.6 Å². The van der Waals surface area contributed by atoms with E-state index in [9.17, 15) is 14.4 Å². The van der Waals surface area contributed by atoms with E-state index < -0.39 is 5.92 Å². The number of rotatable bonds is 5. The number of carbonyl (C=O) groups is 2. The molecule has 1 aliphatic heterocycles. The SMILES string of the molecule is O=C(NCc1nc2ccccc2c(=O)[nH]1)C1CC(=O)N(Cc2ccncc2)C1. The highest BCUT2D eigenvalue weighted by Gasteiger charge is 2.34. The monoisotopic (exact) mass is 377 g/mol. The van der Waals surface area contributed by atoms with E-state index in [4.69, 9.17) is 0 Å². The second-order valence-corrected chi connectivity index (χ2v) is 6.78. The summed E-state index contributed by atoms with van der Waals surface area (Å²) in [6.45, 7) is 0.938. The zero-order valence-corrected chi connectivity index (χ0v) is 15.1. The molecular weight excluding hydrogens is 358 g/mol. The summed E-state index contributed by atoms with van der Waals surface area (Å²) in [4.78, 5) is 49.5. The van der Waals surface area contributed by atoms with Crippen molar-refractivity contribution in [1.29, 1.82) is 0 Å². The summed E-state index contributed by atoms with van der Waals surface area (Å²) in [5.41, 5.74) is 1.31. The number of likely N-dealkylation sites (tertiary alicyclic amines) is 1. The fourth-order valence-electron chi connectivity index (χ4n) is 3.34. The first-order valence-corrected chi connectivity index (χ1v) is 9.02. The molecule has 1 aromatic carbocycles. The van der Waals surface area contributed by atoms with E-state index in [-0.39, 0.29) is 30.3 Å². The van der Waals surface area contributed by atoms with Gasteiger partial charge < -0.3 is 15.2 Å². The Balaban J connectivity index is 1.38. The lowest BCUT2D eigenvalue weighted by atomic mass is 10.1. The maximum Gasteiger partial charge on any atom is 0.258 e. The Hall–Kier alpha value is -3.55. The third-order valence-corrected chi connectivity index (χ3v) is 4.80. The van der Waals surface area contributed by atoms with Crippen LogP contribution in [0.4, 0.5) is 0 Å². The number of aromatic amines is 1. The van der Waals surface area contributed by atoms with Gasteiger partial charge in [-0.05, 0) is 29.8 Å². The van der Waals surface area contributed by atoms with Gasteiger partial charge in [0.05, 0.1) is 23.4 Å². The van der Waals surface area contributed by atoms with Gasteiger partial charge in [-0.2, -0.15) is 0 Å². The minimum Gasteiger partial charge on any atom is -0.349 e. The molecule has 1 atom stereocenters. The zero-order chi connectivity index (χ0) is 19.5. The van der Waals surface area contributed by atoms with Crippen LogP contribution in [0.25, 0.3) is 10.9 Å². The summed E-state index contributed by atoms with van der Waals surface area (Å²) in [6, 6.07) is 10.7. The van der Waals surface area contributed by atoms with Gasteiger partial charge in [0.1, 0.15) is 5.82 Å². The van der Waals surface area contributed by atoms with Gasteiger partial charge in [0, 0.05) is 31.9 Å². The molecule has 0 aliphatic carbocycles. The largest absolute Gasteiger partial charge is 0.349 e. The van der Waals surface area contributed by atoms with Gasteiger partial charge in [-0.25, -0.2) is 4.98 Å². The number of benzene rings is 1. The predicted octanol–water partition coefficient (Wildman–Crippen LogP) is 0.983. The van der Waals surface area contributed by atoms with E-state index in [2.05, 4.69) is 20.3 Å². The van der Waals surface area contributed by atoms with Crippen LogP contribution in [0.1, 0.15) is 17.8 Å². The number of carbonyl (C=O) groups excluding carboxylic acids is 2. The summed E-state index contributed by atoms with van der Waals surface area (Å²) in [5.74, 6) is -0.299. The van der Waals surface area contributed by atoms with Gasteiger partial charge in [0.15, 0.2) is 0 Å². The molecule has 28 heavy (non-hydrogen) atoms. The molecular formula is C20H19N5O3. The van der Waals surface area contributed by atoms with Crippen LogP contribution in [-0.4, -0.2) is 38.2 Å². The van der Waals surface area contributed by atoms with E-state index in [1.165, 1.54) is 0 Å². The maximum atomic E-state index is 12.5. The van der Waals surface area contributed by atoms with Gasteiger partial charge in [0.25, 0.3) is 5.56 Å². The number of nitrogens with zero attached hydrogens (tertiary/aromatic N) is 3. The van der Waals surface area contributed by atoms with E-state index in [0.29, 0.717) is 29.8 Å². The van der Waals surface area contributed by atoms with Gasteiger partial charge >= 0.3 is 0 Å². The molecule has 2 amide bonds. The normalized spacial score (nSPS) is 16.5. The van der Waals surface area contributed by atoms with Gasteiger partial charge in [-0.1, -0.05) is 12.1 Å². The van der Waals surface area contributed by atoms with Gasteiger partial charge in [0.2, 0.25) is 11.8 Å². The second kappa shape index (κ2) is 7.59. The Bertz CT molecular complexity index is 1080. The molecule has 1 fully saturated rings. The molecule has 142 valence electrons. The maximum absolute atomic E-state index is 12.5. The van der Waals surface area contributed by atoms with Crippen LogP contribution >= 0.6 is 0 Å². The Kier molecular flexibility index (Phi) is 4.84. The summed E-state index contributed by atoms with van der Waals surface area (Å²) in [5, 5.41) is 3.28. The quantitative estimate of drug-likeness (QED) is 0.689. The highest BCUT2D eigenvalue weighted by Crippen LogP contribution is 2.20. The number of pyridine rings is 1. The van der Waals surface area contributed by atoms with Crippen LogP contribution in [0.5, 0.6) is 0 Å². The molecule has 1 unspecified atom stereocenters. The van der Waals surface area contributed by atoms with Crippen molar-refractivity contribution >= 4 is 22.7 Å². The number of fused-ring (bicyclic) bond motifs is 1. The fourth-order valence-corrected chi connectivity index (χ4v) is 3.34. The Morgan fingerprint density at radius 3 is 2.79 bits per heavy atom. The molecule has 2 aromatic heterocycles. The Morgan fingerprint density at radius 2 is 1.96 bits per heavy atom. The van der Waals surface area contributed by atoms with E-state index in [1.807, 2.05) is 12.1 Å². The molecule has 0 saturated carbocycles. The van der Waals surface area contributed by atoms with Crippen molar-refractivity contribution in [1.82, 2.24) is 25.2 Å². The molecule has 1 saturated heterocycles. The van der Waals surface area contributed by atoms with Crippen molar-refractivity contribution in [2.24, 2.45) is 5.92 Å². The minimum absolute atomic E-state index is 0.0470. The predicted molar refractivity (Wildman–Crippen MR) is 102 cm³/mol. The van der Waals surface area contributed by atoms with Crippen LogP contribution < -0.4 is 10.9 Å². The number of H-pyrrole nitrogens is 1. The average Bonchev–Trinajstić information content (AvgIpc) is 3.07. The van der Waals surface area contributed by atoms with Gasteiger partial charge in [-0.15, -0.1) is 0 Å². The smallest absolute Gasteiger partial charge is 0.258 e. The number of hydrogen-bond donors (Lipinski definition) is 2. The van der Waals surface area contributed by atoms with Crippen molar-refractivity contribution in [2.75, 3.05) is 6.54 Å². The highest BCUT2D eigenvalue weighted by molar-refractivity contribution is 5.89. The van der Waals surface area contributed by atoms with Crippen LogP contribution in [0, 0.1) is 5.92 Å². The van der Waals surface area contributed by atoms with Crippen molar-refractivity contribution in [3.8, 4) is 0 Å². The summed E-state index contributed by atoms with van der Waals surface area (Å²) in [7, 11) is 0. The van der Waals surface area contributed by atoms with Crippen LogP contribution in [0.2, 0.25) is 0 Å². The summed E-state index contributed by atoms with van der Waals surface area (Å²) >= 11 is 0. The molecule has 0 bridgehead atoms. The molecule has 0 radical (unpaired) electrons. The molecule has 3 heterocycles. The third kappa shape index (κ3) is 3.75. The van der Waals surface area contributed by atoms with Crippen LogP contribution in [0.3, 0.4) is 0 Å². The Morgan fingerprint density at radius 1 is 1.18 bits per heavy atom. The molecule has 4 rings (SSSR count). The number of para-hydroxylation sites is 1. The highest BCUT2D eigenvalue weighted by atomic mass is 16.2. The molecule has 8 heteroatoms. The number of nitrogens with one attached hydrogen (secondary N) is 2. The van der Waals surface area contributed by atoms with Crippen molar-refractivity contribution in [2.45, 2.75) is 19.5 Å². The lowest BCUT2D eigenvalue weighted by molar-refractivity contribution is -0.129. The fraction of sp³-hybridized carbons (Fsp3) is 0.250. The summed E-state index contributed by atoms with van der Waals surface area (Å²) < 4.78 is 0. The Labute approximate surface area is 160 Å². The number of hydrogen-bond acceptors (Lipinski definition) is 5. The third-order valence-electron chi connectivity index (χ3n) is 4.80. The van der Waals surface area contributed by atoms with E-state index >= 15 is 0 Å². The van der Waals surface area contributed by atoms with E-state index in [1.54, 1.807) is 41.6 Å². The second-order valence-electron chi connectivity index (χ2n) is 6.78. The van der Waals surface area contributed by atoms with Crippen molar-refractivity contribution < 1.29 is 9.59 Å². The molecule has 2 N–H and O–H groups in total. The standard InChI is InChI=1S/C20H19N5O3/c26-18-9-14(12-25(18)11-13-5-7-21-8-6-13)19(27)22-10-17-23-16-4-2-1-3-15(16)20(28)24-17/h1-8,14H,9-12H2,(H,22,27)(H,23,24,28). The topological polar surface area (TPSA) is 108 Å². The van der Waals surface area contributed by atoms with Crippen molar-refractivity contribution in [3.63, 3.8) is 0 Å². The minimum atomic E-state index is -0.415. The molecule has 8 nitrogen and oxygen atoms in total. The lowest BCUT2D eigenvalue weighted by Gasteiger charge is -2.16. The number of aromatic nitrogens is 3.